The smallest absolute Gasteiger partial charge is 0.153 e. The summed E-state index contributed by atoms with van der Waals surface area (Å²) in [6.45, 7) is 7.27. The van der Waals surface area contributed by atoms with Gasteiger partial charge in [0.1, 0.15) is 5.69 Å². The maximum absolute atomic E-state index is 11.2. The van der Waals surface area contributed by atoms with Crippen molar-refractivity contribution in [3.63, 3.8) is 0 Å². The summed E-state index contributed by atoms with van der Waals surface area (Å²) in [4.78, 5) is 12.4. The van der Waals surface area contributed by atoms with Crippen molar-refractivity contribution in [2.24, 2.45) is 5.92 Å². The number of thiophene rings is 1. The van der Waals surface area contributed by atoms with Gasteiger partial charge in [0.15, 0.2) is 6.29 Å². The lowest BCUT2D eigenvalue weighted by atomic mass is 10.1. The van der Waals surface area contributed by atoms with E-state index in [0.29, 0.717) is 11.5 Å². The Hall–Kier alpha value is -0.940. The lowest BCUT2D eigenvalue weighted by Crippen LogP contribution is -2.02. The zero-order valence-electron chi connectivity index (χ0n) is 11.3. The van der Waals surface area contributed by atoms with Crippen LogP contribution in [0.5, 0.6) is 0 Å². The first-order valence-electron chi connectivity index (χ1n) is 6.30. The van der Waals surface area contributed by atoms with Crippen LogP contribution in [0.4, 0.5) is 0 Å². The van der Waals surface area contributed by atoms with Gasteiger partial charge in [0.25, 0.3) is 0 Å². The average molecular weight is 341 g/mol. The predicted octanol–water partition coefficient (Wildman–Crippen LogP) is 4.54. The van der Waals surface area contributed by atoms with E-state index in [4.69, 9.17) is 0 Å². The summed E-state index contributed by atoms with van der Waals surface area (Å²) in [6.07, 6.45) is 3.79. The second-order valence-corrected chi connectivity index (χ2v) is 7.65. The van der Waals surface area contributed by atoms with Gasteiger partial charge in [0, 0.05) is 23.2 Å². The number of carbonyl (C=O) groups excluding carboxylic acids is 1. The summed E-state index contributed by atoms with van der Waals surface area (Å²) in [7, 11) is 0. The summed E-state index contributed by atoms with van der Waals surface area (Å²) in [5, 5.41) is 4.57. The van der Waals surface area contributed by atoms with Gasteiger partial charge in [-0.15, -0.1) is 11.3 Å². The Kier molecular flexibility index (Phi) is 4.58. The highest BCUT2D eigenvalue weighted by Crippen LogP contribution is 2.34. The number of hydrogen-bond donors (Lipinski definition) is 0. The molecular weight excluding hydrogens is 324 g/mol. The number of nitrogens with zero attached hydrogens (tertiary/aromatic N) is 2. The summed E-state index contributed by atoms with van der Waals surface area (Å²) in [5.74, 6) is 0.629. The van der Waals surface area contributed by atoms with Crippen LogP contribution < -0.4 is 0 Å². The van der Waals surface area contributed by atoms with E-state index in [1.807, 2.05) is 23.9 Å². The van der Waals surface area contributed by atoms with Crippen molar-refractivity contribution in [1.82, 2.24) is 9.78 Å². The van der Waals surface area contributed by atoms with Gasteiger partial charge in [-0.25, -0.2) is 0 Å². The monoisotopic (exact) mass is 340 g/mol. The summed E-state index contributed by atoms with van der Waals surface area (Å²) in [5.41, 5.74) is 2.50. The van der Waals surface area contributed by atoms with E-state index >= 15 is 0 Å². The first kappa shape index (κ1) is 14.5. The lowest BCUT2D eigenvalue weighted by Gasteiger charge is -2.03. The van der Waals surface area contributed by atoms with Crippen LogP contribution in [0.3, 0.4) is 0 Å². The number of halogens is 1. The molecule has 0 N–H and O–H groups in total. The maximum atomic E-state index is 11.2. The molecule has 0 bridgehead atoms. The van der Waals surface area contributed by atoms with Crippen LogP contribution in [-0.4, -0.2) is 16.1 Å². The zero-order valence-corrected chi connectivity index (χ0v) is 13.7. The molecular formula is C14H17BrN2OS. The number of aldehydes is 1. The van der Waals surface area contributed by atoms with Crippen LogP contribution in [0.25, 0.3) is 11.3 Å². The van der Waals surface area contributed by atoms with Crippen LogP contribution >= 0.6 is 27.3 Å². The molecule has 2 aromatic heterocycles. The highest BCUT2D eigenvalue weighted by molar-refractivity contribution is 9.11. The van der Waals surface area contributed by atoms with Crippen molar-refractivity contribution in [3.8, 4) is 11.3 Å². The summed E-state index contributed by atoms with van der Waals surface area (Å²) < 4.78 is 2.94. The van der Waals surface area contributed by atoms with E-state index < -0.39 is 0 Å². The van der Waals surface area contributed by atoms with Crippen molar-refractivity contribution < 1.29 is 4.79 Å². The Labute approximate surface area is 125 Å². The topological polar surface area (TPSA) is 34.9 Å². The third-order valence-electron chi connectivity index (χ3n) is 3.00. The van der Waals surface area contributed by atoms with E-state index in [1.165, 1.54) is 4.88 Å². The standard InChI is InChI=1S/C14H17BrN2OS/c1-9(2)4-5-17-7-11(8-18)14(16-17)12-6-13(15)19-10(12)3/h6-9H,4-5H2,1-3H3. The number of aryl methyl sites for hydroxylation is 2. The molecule has 0 unspecified atom stereocenters. The first-order chi connectivity index (χ1) is 9.01. The molecule has 0 saturated heterocycles. The largest absolute Gasteiger partial charge is 0.298 e. The van der Waals surface area contributed by atoms with Gasteiger partial charge < -0.3 is 0 Å². The minimum Gasteiger partial charge on any atom is -0.298 e. The molecule has 5 heteroatoms. The van der Waals surface area contributed by atoms with Crippen LogP contribution in [0, 0.1) is 12.8 Å². The van der Waals surface area contributed by atoms with Crippen LogP contribution in [-0.2, 0) is 6.54 Å². The van der Waals surface area contributed by atoms with E-state index in [9.17, 15) is 4.79 Å². The molecule has 2 heterocycles. The molecule has 0 spiro atoms. The van der Waals surface area contributed by atoms with Gasteiger partial charge in [-0.05, 0) is 41.3 Å². The average Bonchev–Trinajstić information content (AvgIpc) is 2.89. The molecule has 0 aliphatic carbocycles. The SMILES string of the molecule is Cc1sc(Br)cc1-c1nn(CCC(C)C)cc1C=O. The molecule has 0 radical (unpaired) electrons. The van der Waals surface area contributed by atoms with Gasteiger partial charge in [-0.2, -0.15) is 5.10 Å². The molecule has 3 nitrogen and oxygen atoms in total. The lowest BCUT2D eigenvalue weighted by molar-refractivity contribution is 0.112. The van der Waals surface area contributed by atoms with Gasteiger partial charge in [0.05, 0.1) is 9.35 Å². The molecule has 0 fully saturated rings. The molecule has 0 aliphatic rings. The van der Waals surface area contributed by atoms with Crippen LogP contribution in [0.2, 0.25) is 0 Å². The minimum absolute atomic E-state index is 0.629. The van der Waals surface area contributed by atoms with E-state index in [1.54, 1.807) is 11.3 Å². The second kappa shape index (κ2) is 6.01. The maximum Gasteiger partial charge on any atom is 0.153 e. The zero-order chi connectivity index (χ0) is 14.0. The van der Waals surface area contributed by atoms with Gasteiger partial charge in [0.2, 0.25) is 0 Å². The Morgan fingerprint density at radius 2 is 2.26 bits per heavy atom. The fourth-order valence-electron chi connectivity index (χ4n) is 1.92. The summed E-state index contributed by atoms with van der Waals surface area (Å²) >= 11 is 5.14. The molecule has 0 atom stereocenters. The molecule has 2 aromatic rings. The van der Waals surface area contributed by atoms with Crippen LogP contribution in [0.15, 0.2) is 16.0 Å². The Balaban J connectivity index is 2.34. The second-order valence-electron chi connectivity index (χ2n) is 5.02. The van der Waals surface area contributed by atoms with Crippen LogP contribution in [0.1, 0.15) is 35.5 Å². The highest BCUT2D eigenvalue weighted by atomic mass is 79.9. The number of carbonyl (C=O) groups is 1. The van der Waals surface area contributed by atoms with E-state index in [-0.39, 0.29) is 0 Å². The molecule has 2 rings (SSSR count). The number of rotatable bonds is 5. The molecule has 102 valence electrons. The van der Waals surface area contributed by atoms with Crippen molar-refractivity contribution in [3.05, 3.63) is 26.5 Å². The quantitative estimate of drug-likeness (QED) is 0.749. The fourth-order valence-corrected chi connectivity index (χ4v) is 3.61. The molecule has 0 amide bonds. The molecule has 0 saturated carbocycles. The first-order valence-corrected chi connectivity index (χ1v) is 7.91. The van der Waals surface area contributed by atoms with Gasteiger partial charge >= 0.3 is 0 Å². The molecule has 19 heavy (non-hydrogen) atoms. The minimum atomic E-state index is 0.629. The fraction of sp³-hybridized carbons (Fsp3) is 0.429. The summed E-state index contributed by atoms with van der Waals surface area (Å²) in [6, 6.07) is 2.03. The van der Waals surface area contributed by atoms with E-state index in [0.717, 1.165) is 34.3 Å². The van der Waals surface area contributed by atoms with Crippen molar-refractivity contribution >= 4 is 33.6 Å². The molecule has 0 aromatic carbocycles. The highest BCUT2D eigenvalue weighted by Gasteiger charge is 2.15. The Morgan fingerprint density at radius 3 is 2.79 bits per heavy atom. The Morgan fingerprint density at radius 1 is 1.53 bits per heavy atom. The van der Waals surface area contributed by atoms with Gasteiger partial charge in [-0.3, -0.25) is 9.48 Å². The van der Waals surface area contributed by atoms with Crippen molar-refractivity contribution in [2.45, 2.75) is 33.7 Å². The van der Waals surface area contributed by atoms with Crippen molar-refractivity contribution in [2.75, 3.05) is 0 Å². The molecule has 0 aliphatic heterocycles. The number of aromatic nitrogens is 2. The predicted molar refractivity (Wildman–Crippen MR) is 82.8 cm³/mol. The van der Waals surface area contributed by atoms with E-state index in [2.05, 4.69) is 34.9 Å². The third kappa shape index (κ3) is 3.34. The Bertz CT molecular complexity index is 586. The van der Waals surface area contributed by atoms with Gasteiger partial charge in [-0.1, -0.05) is 13.8 Å². The number of hydrogen-bond acceptors (Lipinski definition) is 3. The third-order valence-corrected chi connectivity index (χ3v) is 4.55. The van der Waals surface area contributed by atoms with Crippen molar-refractivity contribution in [1.29, 1.82) is 0 Å². The normalized spacial score (nSPS) is 11.2.